The summed E-state index contributed by atoms with van der Waals surface area (Å²) in [7, 11) is 0. The van der Waals surface area contributed by atoms with Crippen molar-refractivity contribution < 1.29 is 0 Å². The standard InChI is InChI=1S/C13H24N4/c1-4-6-14-12(11-7-10(11)3)8-13-15-9-16-17(13)5-2/h9-12,14H,4-8H2,1-3H3. The lowest BCUT2D eigenvalue weighted by Gasteiger charge is -2.18. The second kappa shape index (κ2) is 5.63. The van der Waals surface area contributed by atoms with Crippen molar-refractivity contribution >= 4 is 0 Å². The maximum atomic E-state index is 4.38. The summed E-state index contributed by atoms with van der Waals surface area (Å²) in [6.45, 7) is 8.70. The Kier molecular flexibility index (Phi) is 4.15. The summed E-state index contributed by atoms with van der Waals surface area (Å²) in [5.74, 6) is 2.84. The maximum absolute atomic E-state index is 4.38. The van der Waals surface area contributed by atoms with Crippen LogP contribution >= 0.6 is 0 Å². The van der Waals surface area contributed by atoms with Crippen LogP contribution in [0, 0.1) is 11.8 Å². The molecule has 0 amide bonds. The van der Waals surface area contributed by atoms with E-state index in [0.717, 1.165) is 37.2 Å². The molecule has 96 valence electrons. The predicted octanol–water partition coefficient (Wildman–Crippen LogP) is 1.86. The molecule has 1 heterocycles. The van der Waals surface area contributed by atoms with Gasteiger partial charge in [0.25, 0.3) is 0 Å². The number of hydrogen-bond acceptors (Lipinski definition) is 3. The minimum absolute atomic E-state index is 0.583. The van der Waals surface area contributed by atoms with Gasteiger partial charge in [0.2, 0.25) is 0 Å². The Morgan fingerprint density at radius 2 is 2.29 bits per heavy atom. The fourth-order valence-electron chi connectivity index (χ4n) is 2.52. The number of nitrogens with zero attached hydrogens (tertiary/aromatic N) is 3. The molecule has 2 rings (SSSR count). The van der Waals surface area contributed by atoms with Crippen molar-refractivity contribution in [3.63, 3.8) is 0 Å². The van der Waals surface area contributed by atoms with Crippen LogP contribution in [0.3, 0.4) is 0 Å². The fourth-order valence-corrected chi connectivity index (χ4v) is 2.52. The van der Waals surface area contributed by atoms with E-state index in [0.29, 0.717) is 6.04 Å². The monoisotopic (exact) mass is 236 g/mol. The van der Waals surface area contributed by atoms with Crippen molar-refractivity contribution in [2.24, 2.45) is 11.8 Å². The highest BCUT2D eigenvalue weighted by atomic mass is 15.3. The Morgan fingerprint density at radius 3 is 2.88 bits per heavy atom. The molecule has 1 aliphatic rings. The van der Waals surface area contributed by atoms with Crippen molar-refractivity contribution in [1.82, 2.24) is 20.1 Å². The molecule has 0 aliphatic heterocycles. The van der Waals surface area contributed by atoms with Gasteiger partial charge in [0.15, 0.2) is 0 Å². The van der Waals surface area contributed by atoms with E-state index in [4.69, 9.17) is 0 Å². The van der Waals surface area contributed by atoms with E-state index in [-0.39, 0.29) is 0 Å². The van der Waals surface area contributed by atoms with Crippen LogP contribution in [0.25, 0.3) is 0 Å². The second-order valence-electron chi connectivity index (χ2n) is 5.13. The molecule has 0 spiro atoms. The summed E-state index contributed by atoms with van der Waals surface area (Å²) in [6, 6.07) is 0.583. The summed E-state index contributed by atoms with van der Waals surface area (Å²) in [5.41, 5.74) is 0. The van der Waals surface area contributed by atoms with Crippen LogP contribution in [0.15, 0.2) is 6.33 Å². The Bertz CT molecular complexity index is 347. The van der Waals surface area contributed by atoms with Gasteiger partial charge in [-0.3, -0.25) is 4.68 Å². The van der Waals surface area contributed by atoms with E-state index >= 15 is 0 Å². The molecule has 0 saturated heterocycles. The Morgan fingerprint density at radius 1 is 1.53 bits per heavy atom. The topological polar surface area (TPSA) is 42.7 Å². The molecule has 0 radical (unpaired) electrons. The number of aryl methyl sites for hydroxylation is 1. The molecule has 1 N–H and O–H groups in total. The van der Waals surface area contributed by atoms with E-state index < -0.39 is 0 Å². The maximum Gasteiger partial charge on any atom is 0.138 e. The van der Waals surface area contributed by atoms with Crippen molar-refractivity contribution in [2.75, 3.05) is 6.54 Å². The van der Waals surface area contributed by atoms with Gasteiger partial charge in [-0.1, -0.05) is 13.8 Å². The Hall–Kier alpha value is -0.900. The number of rotatable bonds is 7. The zero-order chi connectivity index (χ0) is 12.3. The lowest BCUT2D eigenvalue weighted by Crippen LogP contribution is -2.35. The third kappa shape index (κ3) is 3.06. The first-order valence-electron chi connectivity index (χ1n) is 6.86. The molecule has 4 heteroatoms. The third-order valence-corrected chi connectivity index (χ3v) is 3.74. The fraction of sp³-hybridized carbons (Fsp3) is 0.846. The smallest absolute Gasteiger partial charge is 0.138 e. The average Bonchev–Trinajstić information content (AvgIpc) is 2.90. The zero-order valence-corrected chi connectivity index (χ0v) is 11.2. The van der Waals surface area contributed by atoms with Gasteiger partial charge >= 0.3 is 0 Å². The molecule has 1 aliphatic carbocycles. The van der Waals surface area contributed by atoms with Crippen LogP contribution in [-0.2, 0) is 13.0 Å². The SMILES string of the molecule is CCCNC(Cc1ncnn1CC)C1CC1C. The van der Waals surface area contributed by atoms with E-state index in [2.05, 4.69) is 36.2 Å². The highest BCUT2D eigenvalue weighted by Gasteiger charge is 2.39. The van der Waals surface area contributed by atoms with E-state index in [1.165, 1.54) is 12.8 Å². The minimum Gasteiger partial charge on any atom is -0.313 e. The van der Waals surface area contributed by atoms with Crippen LogP contribution < -0.4 is 5.32 Å². The summed E-state index contributed by atoms with van der Waals surface area (Å²) in [6.07, 6.45) is 5.24. The minimum atomic E-state index is 0.583. The number of nitrogens with one attached hydrogen (secondary N) is 1. The van der Waals surface area contributed by atoms with Gasteiger partial charge in [-0.25, -0.2) is 4.98 Å². The zero-order valence-electron chi connectivity index (χ0n) is 11.2. The molecule has 1 aromatic heterocycles. The Balaban J connectivity index is 1.96. The largest absolute Gasteiger partial charge is 0.313 e. The first-order chi connectivity index (χ1) is 8.26. The van der Waals surface area contributed by atoms with Gasteiger partial charge in [-0.05, 0) is 38.1 Å². The molecule has 17 heavy (non-hydrogen) atoms. The third-order valence-electron chi connectivity index (χ3n) is 3.74. The van der Waals surface area contributed by atoms with Crippen LogP contribution in [-0.4, -0.2) is 27.4 Å². The molecule has 1 saturated carbocycles. The molecule has 4 nitrogen and oxygen atoms in total. The van der Waals surface area contributed by atoms with Crippen molar-refractivity contribution in [3.8, 4) is 0 Å². The number of hydrogen-bond donors (Lipinski definition) is 1. The van der Waals surface area contributed by atoms with Gasteiger partial charge < -0.3 is 5.32 Å². The number of aromatic nitrogens is 3. The molecule has 3 atom stereocenters. The van der Waals surface area contributed by atoms with Crippen LogP contribution in [0.5, 0.6) is 0 Å². The molecular weight excluding hydrogens is 212 g/mol. The lowest BCUT2D eigenvalue weighted by molar-refractivity contribution is 0.426. The van der Waals surface area contributed by atoms with E-state index in [1.54, 1.807) is 6.33 Å². The highest BCUT2D eigenvalue weighted by molar-refractivity contribution is 4.99. The summed E-state index contributed by atoms with van der Waals surface area (Å²) in [4.78, 5) is 4.38. The van der Waals surface area contributed by atoms with Crippen LogP contribution in [0.1, 0.15) is 39.4 Å². The van der Waals surface area contributed by atoms with Crippen LogP contribution in [0.4, 0.5) is 0 Å². The normalized spacial score (nSPS) is 24.9. The van der Waals surface area contributed by atoms with Gasteiger partial charge in [0, 0.05) is 19.0 Å². The first kappa shape index (κ1) is 12.6. The molecule has 1 fully saturated rings. The van der Waals surface area contributed by atoms with Crippen molar-refractivity contribution in [3.05, 3.63) is 12.2 Å². The second-order valence-corrected chi connectivity index (χ2v) is 5.13. The first-order valence-corrected chi connectivity index (χ1v) is 6.86. The molecule has 1 aromatic rings. The summed E-state index contributed by atoms with van der Waals surface area (Å²) < 4.78 is 2.01. The molecule has 0 bridgehead atoms. The van der Waals surface area contributed by atoms with Crippen LogP contribution in [0.2, 0.25) is 0 Å². The highest BCUT2D eigenvalue weighted by Crippen LogP contribution is 2.41. The summed E-state index contributed by atoms with van der Waals surface area (Å²) in [5, 5.41) is 7.91. The Labute approximate surface area is 104 Å². The van der Waals surface area contributed by atoms with Gasteiger partial charge in [0.1, 0.15) is 12.2 Å². The van der Waals surface area contributed by atoms with E-state index in [1.807, 2.05) is 4.68 Å². The average molecular weight is 236 g/mol. The quantitative estimate of drug-likeness (QED) is 0.786. The molecular formula is C13H24N4. The van der Waals surface area contributed by atoms with E-state index in [9.17, 15) is 0 Å². The molecule has 0 aromatic carbocycles. The van der Waals surface area contributed by atoms with Gasteiger partial charge in [-0.15, -0.1) is 0 Å². The van der Waals surface area contributed by atoms with Crippen molar-refractivity contribution in [1.29, 1.82) is 0 Å². The van der Waals surface area contributed by atoms with Crippen molar-refractivity contribution in [2.45, 2.75) is 52.6 Å². The summed E-state index contributed by atoms with van der Waals surface area (Å²) >= 11 is 0. The molecule has 3 unspecified atom stereocenters. The van der Waals surface area contributed by atoms with Gasteiger partial charge in [0.05, 0.1) is 0 Å². The lowest BCUT2D eigenvalue weighted by atomic mass is 10.1. The predicted molar refractivity (Wildman–Crippen MR) is 68.8 cm³/mol. The van der Waals surface area contributed by atoms with Gasteiger partial charge in [-0.2, -0.15) is 5.10 Å².